The third-order valence-corrected chi connectivity index (χ3v) is 3.27. The van der Waals surface area contributed by atoms with Crippen molar-refractivity contribution in [3.05, 3.63) is 35.5 Å². The van der Waals surface area contributed by atoms with Crippen molar-refractivity contribution >= 4 is 16.8 Å². The quantitative estimate of drug-likeness (QED) is 0.884. The fraction of sp³-hybridized carbons (Fsp3) is 0.333. The number of carbonyl (C=O) groups is 1. The van der Waals surface area contributed by atoms with Crippen LogP contribution < -0.4 is 15.8 Å². The third kappa shape index (κ3) is 3.48. The molecule has 0 radical (unpaired) electrons. The average Bonchev–Trinajstić information content (AvgIpc) is 2.51. The maximum Gasteiger partial charge on any atom is 0.277 e. The summed E-state index contributed by atoms with van der Waals surface area (Å²) in [6.07, 6.45) is 0. The molecule has 22 heavy (non-hydrogen) atoms. The second-order valence-electron chi connectivity index (χ2n) is 4.92. The van der Waals surface area contributed by atoms with Crippen molar-refractivity contribution in [2.24, 2.45) is 5.73 Å². The fourth-order valence-electron chi connectivity index (χ4n) is 1.98. The first kappa shape index (κ1) is 16.1. The number of nitrogens with one attached hydrogen (secondary N) is 1. The lowest BCUT2D eigenvalue weighted by molar-refractivity contribution is 0.0118. The molecule has 0 atom stereocenters. The largest absolute Gasteiger partial charge is 0.497 e. The normalized spacial score (nSPS) is 11.5. The lowest BCUT2D eigenvalue weighted by Crippen LogP contribution is -2.41. The number of pyridine rings is 1. The average molecular weight is 309 g/mol. The number of hydrogen-bond acceptors (Lipinski definition) is 4. The van der Waals surface area contributed by atoms with Crippen LogP contribution in [-0.2, 0) is 0 Å². The molecule has 0 spiro atoms. The number of carbonyl (C=O) groups excluding carboxylic acids is 1. The highest BCUT2D eigenvalue weighted by molar-refractivity contribution is 5.98. The van der Waals surface area contributed by atoms with E-state index in [4.69, 9.17) is 10.5 Å². The molecular formula is C15H17F2N3O2. The van der Waals surface area contributed by atoms with Crippen molar-refractivity contribution in [3.63, 3.8) is 0 Å². The molecule has 0 saturated carbocycles. The van der Waals surface area contributed by atoms with Crippen molar-refractivity contribution in [1.82, 2.24) is 10.3 Å². The summed E-state index contributed by atoms with van der Waals surface area (Å²) in [7, 11) is 1.55. The number of fused-ring (bicyclic) bond motifs is 1. The van der Waals surface area contributed by atoms with E-state index in [9.17, 15) is 13.6 Å². The van der Waals surface area contributed by atoms with Gasteiger partial charge >= 0.3 is 0 Å². The van der Waals surface area contributed by atoms with Crippen molar-refractivity contribution in [2.45, 2.75) is 12.8 Å². The van der Waals surface area contributed by atoms with Gasteiger partial charge in [-0.1, -0.05) is 0 Å². The van der Waals surface area contributed by atoms with Gasteiger partial charge < -0.3 is 15.8 Å². The molecule has 118 valence electrons. The molecule has 2 rings (SSSR count). The number of alkyl halides is 2. The first-order valence-corrected chi connectivity index (χ1v) is 6.68. The van der Waals surface area contributed by atoms with Crippen LogP contribution in [0.25, 0.3) is 10.9 Å². The van der Waals surface area contributed by atoms with E-state index in [2.05, 4.69) is 10.3 Å². The Kier molecular flexibility index (Phi) is 4.56. The summed E-state index contributed by atoms with van der Waals surface area (Å²) in [6, 6.07) is 6.86. The zero-order valence-electron chi connectivity index (χ0n) is 12.3. The van der Waals surface area contributed by atoms with Gasteiger partial charge in [-0.25, -0.2) is 8.78 Å². The second-order valence-corrected chi connectivity index (χ2v) is 4.92. The molecule has 1 aromatic heterocycles. The first-order valence-electron chi connectivity index (χ1n) is 6.68. The van der Waals surface area contributed by atoms with E-state index in [0.29, 0.717) is 17.0 Å². The number of nitrogens with zero attached hydrogens (tertiary/aromatic N) is 1. The predicted molar refractivity (Wildman–Crippen MR) is 79.4 cm³/mol. The summed E-state index contributed by atoms with van der Waals surface area (Å²) in [5.74, 6) is -3.07. The summed E-state index contributed by atoms with van der Waals surface area (Å²) in [4.78, 5) is 16.4. The minimum Gasteiger partial charge on any atom is -0.497 e. The highest BCUT2D eigenvalue weighted by Crippen LogP contribution is 2.21. The van der Waals surface area contributed by atoms with Gasteiger partial charge in [-0.15, -0.1) is 0 Å². The van der Waals surface area contributed by atoms with E-state index in [1.807, 2.05) is 0 Å². The van der Waals surface area contributed by atoms with E-state index in [1.54, 1.807) is 38.3 Å². The predicted octanol–water partition coefficient (Wildman–Crippen LogP) is 1.88. The van der Waals surface area contributed by atoms with Gasteiger partial charge in [-0.2, -0.15) is 0 Å². The molecule has 0 aliphatic carbocycles. The van der Waals surface area contributed by atoms with Crippen LogP contribution >= 0.6 is 0 Å². The van der Waals surface area contributed by atoms with Crippen LogP contribution in [0.3, 0.4) is 0 Å². The number of benzene rings is 1. The number of halogens is 2. The number of nitrogens with two attached hydrogens (primary N) is 1. The van der Waals surface area contributed by atoms with E-state index < -0.39 is 24.9 Å². The molecule has 0 aliphatic heterocycles. The van der Waals surface area contributed by atoms with Gasteiger partial charge in [0.05, 0.1) is 37.0 Å². The van der Waals surface area contributed by atoms with E-state index in [-0.39, 0.29) is 5.56 Å². The number of amides is 1. The Bertz CT molecular complexity index is 704. The van der Waals surface area contributed by atoms with Crippen LogP contribution in [0, 0.1) is 6.92 Å². The van der Waals surface area contributed by atoms with Crippen LogP contribution in [0.2, 0.25) is 0 Å². The Morgan fingerprint density at radius 1 is 1.41 bits per heavy atom. The lowest BCUT2D eigenvalue weighted by Gasteiger charge is -2.15. The van der Waals surface area contributed by atoms with Gasteiger partial charge in [-0.05, 0) is 25.1 Å². The molecule has 7 heteroatoms. The smallest absolute Gasteiger partial charge is 0.277 e. The maximum absolute atomic E-state index is 13.1. The van der Waals surface area contributed by atoms with E-state index >= 15 is 0 Å². The number of aromatic nitrogens is 1. The Labute approximate surface area is 126 Å². The zero-order chi connectivity index (χ0) is 16.3. The minimum atomic E-state index is -3.12. The summed E-state index contributed by atoms with van der Waals surface area (Å²) in [6.45, 7) is 0.0271. The van der Waals surface area contributed by atoms with Crippen molar-refractivity contribution in [2.75, 3.05) is 20.2 Å². The molecular weight excluding hydrogens is 292 g/mol. The first-order chi connectivity index (χ1) is 10.4. The fourth-order valence-corrected chi connectivity index (χ4v) is 1.98. The van der Waals surface area contributed by atoms with Gasteiger partial charge in [0.2, 0.25) is 0 Å². The minimum absolute atomic E-state index is 0.255. The van der Waals surface area contributed by atoms with Gasteiger partial charge in [0.15, 0.2) is 0 Å². The number of ether oxygens (including phenoxy) is 1. The van der Waals surface area contributed by atoms with Gasteiger partial charge in [0.1, 0.15) is 5.75 Å². The summed E-state index contributed by atoms with van der Waals surface area (Å²) >= 11 is 0. The number of methoxy groups -OCH3 is 1. The Balaban J connectivity index is 2.27. The van der Waals surface area contributed by atoms with Crippen LogP contribution in [0.15, 0.2) is 24.3 Å². The maximum atomic E-state index is 13.1. The number of aryl methyl sites for hydroxylation is 1. The van der Waals surface area contributed by atoms with Crippen LogP contribution in [0.4, 0.5) is 8.78 Å². The molecule has 3 N–H and O–H groups in total. The SMILES string of the molecule is COc1ccc2cc(C(=O)NCC(F)(F)CN)c(C)nc2c1. The third-order valence-electron chi connectivity index (χ3n) is 3.27. The molecule has 0 aliphatic rings. The molecule has 1 amide bonds. The van der Waals surface area contributed by atoms with Crippen LogP contribution in [-0.4, -0.2) is 37.0 Å². The van der Waals surface area contributed by atoms with E-state index in [0.717, 1.165) is 5.39 Å². The van der Waals surface area contributed by atoms with E-state index in [1.165, 1.54) is 0 Å². The highest BCUT2D eigenvalue weighted by Gasteiger charge is 2.27. The standard InChI is InChI=1S/C15H17F2N3O2/c1-9-12(14(21)19-8-15(16,17)7-18)5-10-3-4-11(22-2)6-13(10)20-9/h3-6H,7-8,18H2,1-2H3,(H,19,21). The topological polar surface area (TPSA) is 77.2 Å². The molecule has 0 saturated heterocycles. The van der Waals surface area contributed by atoms with Crippen molar-refractivity contribution in [1.29, 1.82) is 0 Å². The molecule has 0 bridgehead atoms. The van der Waals surface area contributed by atoms with Gasteiger partial charge in [0, 0.05) is 11.5 Å². The summed E-state index contributed by atoms with van der Waals surface area (Å²) in [5.41, 5.74) is 6.31. The van der Waals surface area contributed by atoms with Crippen LogP contribution in [0.5, 0.6) is 5.75 Å². The van der Waals surface area contributed by atoms with Gasteiger partial charge in [0.25, 0.3) is 11.8 Å². The molecule has 2 aromatic rings. The number of hydrogen-bond donors (Lipinski definition) is 2. The van der Waals surface area contributed by atoms with Crippen molar-refractivity contribution in [3.8, 4) is 5.75 Å². The molecule has 0 unspecified atom stereocenters. The molecule has 1 heterocycles. The lowest BCUT2D eigenvalue weighted by atomic mass is 10.1. The van der Waals surface area contributed by atoms with Crippen LogP contribution in [0.1, 0.15) is 16.1 Å². The molecule has 0 fully saturated rings. The molecule has 5 nitrogen and oxygen atoms in total. The Hall–Kier alpha value is -2.28. The second kappa shape index (κ2) is 6.23. The number of rotatable bonds is 5. The highest BCUT2D eigenvalue weighted by atomic mass is 19.3. The van der Waals surface area contributed by atoms with Gasteiger partial charge in [-0.3, -0.25) is 9.78 Å². The Morgan fingerprint density at radius 2 is 2.14 bits per heavy atom. The summed E-state index contributed by atoms with van der Waals surface area (Å²) < 4.78 is 31.3. The Morgan fingerprint density at radius 3 is 2.77 bits per heavy atom. The van der Waals surface area contributed by atoms with Crippen molar-refractivity contribution < 1.29 is 18.3 Å². The molecule has 1 aromatic carbocycles. The monoisotopic (exact) mass is 309 g/mol. The summed E-state index contributed by atoms with van der Waals surface area (Å²) in [5, 5.41) is 2.91. The zero-order valence-corrected chi connectivity index (χ0v) is 12.3.